The Kier molecular flexibility index (Phi) is 5.59. The Labute approximate surface area is 175 Å². The van der Waals surface area contributed by atoms with Gasteiger partial charge < -0.3 is 9.84 Å². The Balaban J connectivity index is 1.42. The lowest BCUT2D eigenvalue weighted by molar-refractivity contribution is -0.121. The highest BCUT2D eigenvalue weighted by Gasteiger charge is 2.31. The molecule has 0 radical (unpaired) electrons. The molecule has 1 aliphatic carbocycles. The maximum atomic E-state index is 12.6. The van der Waals surface area contributed by atoms with Crippen LogP contribution in [0.3, 0.4) is 0 Å². The van der Waals surface area contributed by atoms with Crippen molar-refractivity contribution < 1.29 is 9.32 Å². The number of carbonyl (C=O) groups excluding carboxylic acids is 1. The molecule has 146 valence electrons. The Morgan fingerprint density at radius 3 is 2.89 bits per heavy atom. The predicted molar refractivity (Wildman–Crippen MR) is 111 cm³/mol. The number of nitrogens with one attached hydrogen (secondary N) is 1. The molecule has 1 amide bonds. The van der Waals surface area contributed by atoms with Gasteiger partial charge in [0.25, 0.3) is 0 Å². The van der Waals surface area contributed by atoms with E-state index in [-0.39, 0.29) is 24.3 Å². The van der Waals surface area contributed by atoms with Gasteiger partial charge in [0.05, 0.1) is 12.1 Å². The average Bonchev–Trinajstić information content (AvgIpc) is 3.21. The number of amides is 1. The van der Waals surface area contributed by atoms with E-state index in [2.05, 4.69) is 36.4 Å². The van der Waals surface area contributed by atoms with E-state index >= 15 is 0 Å². The first-order chi connectivity index (χ1) is 13.5. The summed E-state index contributed by atoms with van der Waals surface area (Å²) in [6, 6.07) is 7.68. The molecule has 3 aromatic rings. The van der Waals surface area contributed by atoms with E-state index in [1.807, 2.05) is 43.5 Å². The van der Waals surface area contributed by atoms with Crippen LogP contribution in [0.1, 0.15) is 56.1 Å². The lowest BCUT2D eigenvalue weighted by atomic mass is 10.0. The second-order valence-corrected chi connectivity index (χ2v) is 9.16. The minimum atomic E-state index is -0.296. The van der Waals surface area contributed by atoms with Crippen molar-refractivity contribution in [3.63, 3.8) is 0 Å². The molecule has 1 saturated carbocycles. The largest absolute Gasteiger partial charge is 0.344 e. The standard InChI is InChI=1S/C20H21BrN4O2S/c1-11(2)17(19-24-18(25-27-19)12-6-7-12)23-16(26)9-15-10-28-20(22-15)13-4-3-5-14(21)8-13/h3-5,8,10-12,17H,6-7,9H2,1-2H3,(H,23,26). The summed E-state index contributed by atoms with van der Waals surface area (Å²) in [5.41, 5.74) is 1.79. The Bertz CT molecular complexity index is 980. The van der Waals surface area contributed by atoms with Crippen LogP contribution in [0.25, 0.3) is 10.6 Å². The number of rotatable bonds is 7. The molecule has 1 unspecified atom stereocenters. The van der Waals surface area contributed by atoms with E-state index in [0.29, 0.717) is 11.8 Å². The van der Waals surface area contributed by atoms with E-state index < -0.39 is 0 Å². The first kappa shape index (κ1) is 19.3. The van der Waals surface area contributed by atoms with Crippen LogP contribution < -0.4 is 5.32 Å². The van der Waals surface area contributed by atoms with Gasteiger partial charge in [0, 0.05) is 21.3 Å². The number of thiazole rings is 1. The summed E-state index contributed by atoms with van der Waals surface area (Å²) < 4.78 is 6.42. The smallest absolute Gasteiger partial charge is 0.249 e. The van der Waals surface area contributed by atoms with Gasteiger partial charge in [-0.25, -0.2) is 4.98 Å². The summed E-state index contributed by atoms with van der Waals surface area (Å²) >= 11 is 5.01. The van der Waals surface area contributed by atoms with Crippen LogP contribution in [0.5, 0.6) is 0 Å². The van der Waals surface area contributed by atoms with Gasteiger partial charge in [0.15, 0.2) is 5.82 Å². The molecule has 8 heteroatoms. The van der Waals surface area contributed by atoms with Crippen LogP contribution in [0, 0.1) is 5.92 Å². The summed E-state index contributed by atoms with van der Waals surface area (Å²) in [6.45, 7) is 4.06. The second-order valence-electron chi connectivity index (χ2n) is 7.39. The van der Waals surface area contributed by atoms with Crippen LogP contribution >= 0.6 is 27.3 Å². The summed E-state index contributed by atoms with van der Waals surface area (Å²) in [6.07, 6.45) is 2.45. The fourth-order valence-corrected chi connectivity index (χ4v) is 4.14. The molecule has 0 saturated heterocycles. The molecule has 1 aromatic carbocycles. The molecule has 2 heterocycles. The van der Waals surface area contributed by atoms with Gasteiger partial charge in [-0.05, 0) is 30.9 Å². The zero-order chi connectivity index (χ0) is 19.7. The lowest BCUT2D eigenvalue weighted by Gasteiger charge is -2.18. The minimum absolute atomic E-state index is 0.101. The topological polar surface area (TPSA) is 80.9 Å². The normalized spacial score (nSPS) is 15.0. The van der Waals surface area contributed by atoms with Crippen LogP contribution in [-0.2, 0) is 11.2 Å². The van der Waals surface area contributed by atoms with Gasteiger partial charge in [-0.3, -0.25) is 4.79 Å². The molecule has 1 aliphatic rings. The third kappa shape index (κ3) is 4.50. The van der Waals surface area contributed by atoms with Crippen molar-refractivity contribution in [1.29, 1.82) is 0 Å². The molecule has 6 nitrogen and oxygen atoms in total. The van der Waals surface area contributed by atoms with Crippen LogP contribution in [0.4, 0.5) is 0 Å². The zero-order valence-corrected chi connectivity index (χ0v) is 18.1. The average molecular weight is 461 g/mol. The fraction of sp³-hybridized carbons (Fsp3) is 0.400. The third-order valence-corrected chi connectivity index (χ3v) is 6.05. The molecule has 0 spiro atoms. The van der Waals surface area contributed by atoms with Crippen LogP contribution in [0.15, 0.2) is 38.6 Å². The number of carbonyl (C=O) groups is 1. The number of benzene rings is 1. The molecule has 2 aromatic heterocycles. The summed E-state index contributed by atoms with van der Waals surface area (Å²) in [7, 11) is 0. The Hall–Kier alpha value is -2.06. The number of halogens is 1. The Morgan fingerprint density at radius 2 is 2.18 bits per heavy atom. The molecule has 1 N–H and O–H groups in total. The summed E-state index contributed by atoms with van der Waals surface area (Å²) in [5, 5.41) is 9.93. The van der Waals surface area contributed by atoms with Crippen molar-refractivity contribution >= 4 is 33.2 Å². The Morgan fingerprint density at radius 1 is 1.36 bits per heavy atom. The molecule has 28 heavy (non-hydrogen) atoms. The summed E-state index contributed by atoms with van der Waals surface area (Å²) in [4.78, 5) is 21.7. The van der Waals surface area contributed by atoms with Gasteiger partial charge in [-0.15, -0.1) is 11.3 Å². The zero-order valence-electron chi connectivity index (χ0n) is 15.7. The molecular formula is C20H21BrN4O2S. The first-order valence-electron chi connectivity index (χ1n) is 9.33. The number of hydrogen-bond donors (Lipinski definition) is 1. The highest BCUT2D eigenvalue weighted by atomic mass is 79.9. The monoisotopic (exact) mass is 460 g/mol. The van der Waals surface area contributed by atoms with E-state index in [1.165, 1.54) is 11.3 Å². The maximum absolute atomic E-state index is 12.6. The van der Waals surface area contributed by atoms with Gasteiger partial charge in [0.2, 0.25) is 11.8 Å². The quantitative estimate of drug-likeness (QED) is 0.542. The number of hydrogen-bond acceptors (Lipinski definition) is 6. The van der Waals surface area contributed by atoms with Crippen LogP contribution in [0.2, 0.25) is 0 Å². The number of nitrogens with zero attached hydrogens (tertiary/aromatic N) is 3. The van der Waals surface area contributed by atoms with Crippen molar-refractivity contribution in [3.05, 3.63) is 51.5 Å². The lowest BCUT2D eigenvalue weighted by Crippen LogP contribution is -2.33. The van der Waals surface area contributed by atoms with E-state index in [4.69, 9.17) is 4.52 Å². The molecule has 4 rings (SSSR count). The molecule has 1 atom stereocenters. The fourth-order valence-electron chi connectivity index (χ4n) is 2.93. The van der Waals surface area contributed by atoms with Gasteiger partial charge >= 0.3 is 0 Å². The molecule has 0 aliphatic heterocycles. The summed E-state index contributed by atoms with van der Waals surface area (Å²) in [5.74, 6) is 1.71. The first-order valence-corrected chi connectivity index (χ1v) is 11.0. The second kappa shape index (κ2) is 8.13. The third-order valence-electron chi connectivity index (χ3n) is 4.61. The molecule has 1 fully saturated rings. The van der Waals surface area contributed by atoms with Crippen LogP contribution in [-0.4, -0.2) is 21.0 Å². The predicted octanol–water partition coefficient (Wildman–Crippen LogP) is 4.89. The van der Waals surface area contributed by atoms with E-state index in [0.717, 1.165) is 39.4 Å². The highest BCUT2D eigenvalue weighted by molar-refractivity contribution is 9.10. The maximum Gasteiger partial charge on any atom is 0.249 e. The van der Waals surface area contributed by atoms with Crippen molar-refractivity contribution in [2.45, 2.75) is 45.1 Å². The van der Waals surface area contributed by atoms with Gasteiger partial charge in [-0.1, -0.05) is 47.1 Å². The van der Waals surface area contributed by atoms with Crippen molar-refractivity contribution in [3.8, 4) is 10.6 Å². The van der Waals surface area contributed by atoms with Crippen molar-refractivity contribution in [1.82, 2.24) is 20.4 Å². The van der Waals surface area contributed by atoms with Gasteiger partial charge in [-0.2, -0.15) is 4.98 Å². The van der Waals surface area contributed by atoms with E-state index in [1.54, 1.807) is 0 Å². The number of aromatic nitrogens is 3. The highest BCUT2D eigenvalue weighted by Crippen LogP contribution is 2.38. The van der Waals surface area contributed by atoms with Crippen molar-refractivity contribution in [2.24, 2.45) is 5.92 Å². The molecular weight excluding hydrogens is 440 g/mol. The minimum Gasteiger partial charge on any atom is -0.344 e. The van der Waals surface area contributed by atoms with E-state index in [9.17, 15) is 4.79 Å². The molecule has 0 bridgehead atoms. The van der Waals surface area contributed by atoms with Gasteiger partial charge in [0.1, 0.15) is 11.0 Å². The SMILES string of the molecule is CC(C)C(NC(=O)Cc1csc(-c2cccc(Br)c2)n1)c1nc(C2CC2)no1. The van der Waals surface area contributed by atoms with Crippen molar-refractivity contribution in [2.75, 3.05) is 0 Å².